The number of carbonyl (C=O) groups excluding carboxylic acids is 1. The number of nitrogens with one attached hydrogen (secondary N) is 1. The van der Waals surface area contributed by atoms with Crippen molar-refractivity contribution in [2.45, 2.75) is 26.4 Å². The number of aromatic nitrogens is 1. The van der Waals surface area contributed by atoms with Crippen LogP contribution in [-0.2, 0) is 0 Å². The third-order valence-electron chi connectivity index (χ3n) is 2.77. The van der Waals surface area contributed by atoms with Crippen molar-refractivity contribution in [2.75, 3.05) is 6.54 Å². The van der Waals surface area contributed by atoms with Gasteiger partial charge in [0.2, 0.25) is 0 Å². The number of rotatable bonds is 4. The van der Waals surface area contributed by atoms with E-state index >= 15 is 0 Å². The fraction of sp³-hybridized carbons (Fsp3) is 0.500. The van der Waals surface area contributed by atoms with Crippen LogP contribution >= 0.6 is 0 Å². The molecule has 0 aliphatic rings. The highest BCUT2D eigenvalue weighted by atomic mass is 16.3. The molecule has 1 heterocycles. The summed E-state index contributed by atoms with van der Waals surface area (Å²) in [6.45, 7) is 5.77. The van der Waals surface area contributed by atoms with Gasteiger partial charge < -0.3 is 10.4 Å². The highest BCUT2D eigenvalue weighted by molar-refractivity contribution is 5.93. The lowest BCUT2D eigenvalue weighted by molar-refractivity contribution is 0.0142. The highest BCUT2D eigenvalue weighted by Gasteiger charge is 2.25. The average molecular weight is 222 g/mol. The van der Waals surface area contributed by atoms with Crippen molar-refractivity contribution in [3.63, 3.8) is 0 Å². The molecule has 0 aliphatic heterocycles. The average Bonchev–Trinajstić information content (AvgIpc) is 2.27. The first kappa shape index (κ1) is 12.6. The molecule has 0 saturated heterocycles. The summed E-state index contributed by atoms with van der Waals surface area (Å²) in [6.07, 6.45) is 3.11. The van der Waals surface area contributed by atoms with Gasteiger partial charge in [-0.05, 0) is 25.0 Å². The first-order chi connectivity index (χ1) is 7.43. The van der Waals surface area contributed by atoms with E-state index in [9.17, 15) is 9.90 Å². The standard InChI is InChI=1S/C12H18N2O2/c1-9(2)12(3,16)8-14-11(15)10-5-4-6-13-7-10/h4-7,9,16H,8H2,1-3H3,(H,14,15). The van der Waals surface area contributed by atoms with Gasteiger partial charge in [0.15, 0.2) is 0 Å². The van der Waals surface area contributed by atoms with E-state index in [0.717, 1.165) is 0 Å². The van der Waals surface area contributed by atoms with Crippen molar-refractivity contribution >= 4 is 5.91 Å². The number of nitrogens with zero attached hydrogens (tertiary/aromatic N) is 1. The van der Waals surface area contributed by atoms with Gasteiger partial charge in [-0.2, -0.15) is 0 Å². The van der Waals surface area contributed by atoms with Crippen LogP contribution in [0, 0.1) is 5.92 Å². The van der Waals surface area contributed by atoms with E-state index in [0.29, 0.717) is 5.56 Å². The topological polar surface area (TPSA) is 62.2 Å². The molecule has 4 heteroatoms. The fourth-order valence-electron chi connectivity index (χ4n) is 1.06. The molecule has 0 fully saturated rings. The van der Waals surface area contributed by atoms with Crippen molar-refractivity contribution in [3.8, 4) is 0 Å². The van der Waals surface area contributed by atoms with Crippen LogP contribution in [0.3, 0.4) is 0 Å². The Labute approximate surface area is 95.7 Å². The molecular formula is C12H18N2O2. The smallest absolute Gasteiger partial charge is 0.252 e. The molecule has 16 heavy (non-hydrogen) atoms. The minimum Gasteiger partial charge on any atom is -0.388 e. The molecule has 1 rings (SSSR count). The van der Waals surface area contributed by atoms with Crippen LogP contribution in [0.15, 0.2) is 24.5 Å². The molecule has 2 N–H and O–H groups in total. The molecule has 1 aromatic heterocycles. The van der Waals surface area contributed by atoms with Gasteiger partial charge in [0, 0.05) is 18.9 Å². The number of amides is 1. The number of hydrogen-bond acceptors (Lipinski definition) is 3. The van der Waals surface area contributed by atoms with Crippen LogP contribution in [0.2, 0.25) is 0 Å². The summed E-state index contributed by atoms with van der Waals surface area (Å²) >= 11 is 0. The molecule has 1 amide bonds. The largest absolute Gasteiger partial charge is 0.388 e. The van der Waals surface area contributed by atoms with Crippen molar-refractivity contribution < 1.29 is 9.90 Å². The van der Waals surface area contributed by atoms with Crippen molar-refractivity contribution in [3.05, 3.63) is 30.1 Å². The third-order valence-corrected chi connectivity index (χ3v) is 2.77. The van der Waals surface area contributed by atoms with E-state index in [-0.39, 0.29) is 18.4 Å². The van der Waals surface area contributed by atoms with Crippen LogP contribution in [0.4, 0.5) is 0 Å². The van der Waals surface area contributed by atoms with Crippen LogP contribution in [0.5, 0.6) is 0 Å². The zero-order valence-corrected chi connectivity index (χ0v) is 9.90. The zero-order valence-electron chi connectivity index (χ0n) is 9.90. The Morgan fingerprint density at radius 2 is 2.31 bits per heavy atom. The highest BCUT2D eigenvalue weighted by Crippen LogP contribution is 2.14. The van der Waals surface area contributed by atoms with E-state index in [1.165, 1.54) is 6.20 Å². The van der Waals surface area contributed by atoms with Crippen LogP contribution < -0.4 is 5.32 Å². The van der Waals surface area contributed by atoms with Gasteiger partial charge in [-0.3, -0.25) is 9.78 Å². The molecule has 0 bridgehead atoms. The third kappa shape index (κ3) is 3.31. The van der Waals surface area contributed by atoms with Gasteiger partial charge in [0.05, 0.1) is 11.2 Å². The van der Waals surface area contributed by atoms with Crippen LogP contribution in [-0.4, -0.2) is 28.1 Å². The summed E-state index contributed by atoms with van der Waals surface area (Å²) < 4.78 is 0. The van der Waals surface area contributed by atoms with Crippen molar-refractivity contribution in [2.24, 2.45) is 5.92 Å². The first-order valence-corrected chi connectivity index (χ1v) is 5.34. The van der Waals surface area contributed by atoms with Gasteiger partial charge in [-0.25, -0.2) is 0 Å². The molecule has 0 aromatic carbocycles. The van der Waals surface area contributed by atoms with Gasteiger partial charge in [-0.1, -0.05) is 13.8 Å². The molecular weight excluding hydrogens is 204 g/mol. The minimum atomic E-state index is -0.891. The number of aliphatic hydroxyl groups is 1. The summed E-state index contributed by atoms with van der Waals surface area (Å²) in [7, 11) is 0. The summed E-state index contributed by atoms with van der Waals surface area (Å²) in [4.78, 5) is 15.5. The Hall–Kier alpha value is -1.42. The molecule has 0 aliphatic carbocycles. The van der Waals surface area contributed by atoms with Gasteiger partial charge in [0.1, 0.15) is 0 Å². The molecule has 1 aromatic rings. The van der Waals surface area contributed by atoms with E-state index in [1.807, 2.05) is 13.8 Å². The van der Waals surface area contributed by atoms with Crippen LogP contribution in [0.1, 0.15) is 31.1 Å². The molecule has 0 saturated carbocycles. The Morgan fingerprint density at radius 1 is 1.62 bits per heavy atom. The summed E-state index contributed by atoms with van der Waals surface area (Å²) in [6, 6.07) is 3.39. The molecule has 1 atom stereocenters. The number of pyridine rings is 1. The van der Waals surface area contributed by atoms with Crippen molar-refractivity contribution in [1.82, 2.24) is 10.3 Å². The predicted octanol–water partition coefficient (Wildman–Crippen LogP) is 1.22. The molecule has 0 radical (unpaired) electrons. The first-order valence-electron chi connectivity index (χ1n) is 5.34. The quantitative estimate of drug-likeness (QED) is 0.805. The molecule has 1 unspecified atom stereocenters. The lowest BCUT2D eigenvalue weighted by Gasteiger charge is -2.27. The zero-order chi connectivity index (χ0) is 12.2. The maximum absolute atomic E-state index is 11.7. The Balaban J connectivity index is 2.54. The second-order valence-corrected chi connectivity index (χ2v) is 4.44. The molecule has 88 valence electrons. The second kappa shape index (κ2) is 5.07. The Morgan fingerprint density at radius 3 is 2.81 bits per heavy atom. The van der Waals surface area contributed by atoms with E-state index in [1.54, 1.807) is 25.3 Å². The van der Waals surface area contributed by atoms with Gasteiger partial charge in [-0.15, -0.1) is 0 Å². The van der Waals surface area contributed by atoms with E-state index in [2.05, 4.69) is 10.3 Å². The molecule has 0 spiro atoms. The Kier molecular flexibility index (Phi) is 4.01. The monoisotopic (exact) mass is 222 g/mol. The predicted molar refractivity (Wildman–Crippen MR) is 62.0 cm³/mol. The van der Waals surface area contributed by atoms with Gasteiger partial charge >= 0.3 is 0 Å². The summed E-state index contributed by atoms with van der Waals surface area (Å²) in [5, 5.41) is 12.6. The van der Waals surface area contributed by atoms with Gasteiger partial charge in [0.25, 0.3) is 5.91 Å². The lowest BCUT2D eigenvalue weighted by Crippen LogP contribution is -2.44. The van der Waals surface area contributed by atoms with Crippen molar-refractivity contribution in [1.29, 1.82) is 0 Å². The summed E-state index contributed by atoms with van der Waals surface area (Å²) in [5.74, 6) is -0.129. The van der Waals surface area contributed by atoms with E-state index in [4.69, 9.17) is 0 Å². The minimum absolute atomic E-state index is 0.0849. The van der Waals surface area contributed by atoms with E-state index < -0.39 is 5.60 Å². The molecule has 4 nitrogen and oxygen atoms in total. The Bertz CT molecular complexity index is 347. The fourth-order valence-corrected chi connectivity index (χ4v) is 1.06. The summed E-state index contributed by atoms with van der Waals surface area (Å²) in [5.41, 5.74) is -0.389. The number of carbonyl (C=O) groups is 1. The maximum atomic E-state index is 11.7. The number of hydrogen-bond donors (Lipinski definition) is 2. The second-order valence-electron chi connectivity index (χ2n) is 4.44. The SMILES string of the molecule is CC(C)C(C)(O)CNC(=O)c1cccnc1. The maximum Gasteiger partial charge on any atom is 0.252 e. The lowest BCUT2D eigenvalue weighted by atomic mass is 9.92. The van der Waals surface area contributed by atoms with Crippen LogP contribution in [0.25, 0.3) is 0 Å². The normalized spacial score (nSPS) is 14.6.